The lowest BCUT2D eigenvalue weighted by Crippen LogP contribution is -2.62. The second-order valence-electron chi connectivity index (χ2n) is 9.32. The van der Waals surface area contributed by atoms with E-state index in [-0.39, 0.29) is 17.6 Å². The average molecular weight is 427 g/mol. The number of rotatable bonds is 4. The van der Waals surface area contributed by atoms with Crippen LogP contribution in [0.3, 0.4) is 0 Å². The molecule has 0 unspecified atom stereocenters. The van der Waals surface area contributed by atoms with Gasteiger partial charge < -0.3 is 5.32 Å². The van der Waals surface area contributed by atoms with Crippen LogP contribution in [0.1, 0.15) is 43.4 Å². The molecule has 4 aliphatic rings. The SMILES string of the molecule is Cc1ccc(-c2ccc(=O)n(CC(=O)NC(=O)NC34CC5CC(CC(C5)C3)C4)n2)s1. The van der Waals surface area contributed by atoms with E-state index in [1.807, 2.05) is 19.1 Å². The fourth-order valence-electron chi connectivity index (χ4n) is 6.10. The molecule has 30 heavy (non-hydrogen) atoms. The van der Waals surface area contributed by atoms with E-state index in [1.165, 1.54) is 25.3 Å². The van der Waals surface area contributed by atoms with Crippen LogP contribution in [0.15, 0.2) is 29.1 Å². The van der Waals surface area contributed by atoms with E-state index >= 15 is 0 Å². The molecule has 7 nitrogen and oxygen atoms in total. The third kappa shape index (κ3) is 3.80. The molecular formula is C22H26N4O3S. The minimum Gasteiger partial charge on any atom is -0.332 e. The molecule has 6 rings (SSSR count). The molecule has 2 heterocycles. The Kier molecular flexibility index (Phi) is 4.76. The zero-order valence-electron chi connectivity index (χ0n) is 17.0. The van der Waals surface area contributed by atoms with Crippen LogP contribution < -0.4 is 16.2 Å². The third-order valence-electron chi connectivity index (χ3n) is 6.82. The van der Waals surface area contributed by atoms with Gasteiger partial charge in [0.25, 0.3) is 5.56 Å². The number of nitrogens with zero attached hydrogens (tertiary/aromatic N) is 2. The minimum atomic E-state index is -0.536. The first-order valence-corrected chi connectivity index (χ1v) is 11.5. The lowest BCUT2D eigenvalue weighted by atomic mass is 9.53. The van der Waals surface area contributed by atoms with E-state index < -0.39 is 11.9 Å². The zero-order valence-corrected chi connectivity index (χ0v) is 17.8. The van der Waals surface area contributed by atoms with Crippen molar-refractivity contribution in [3.05, 3.63) is 39.5 Å². The molecule has 0 saturated heterocycles. The molecule has 2 aromatic rings. The second-order valence-corrected chi connectivity index (χ2v) is 10.6. The molecule has 0 atom stereocenters. The van der Waals surface area contributed by atoms with Gasteiger partial charge >= 0.3 is 6.03 Å². The summed E-state index contributed by atoms with van der Waals surface area (Å²) in [5.41, 5.74) is 0.104. The summed E-state index contributed by atoms with van der Waals surface area (Å²) in [5, 5.41) is 9.83. The van der Waals surface area contributed by atoms with Crippen molar-refractivity contribution in [2.75, 3.05) is 0 Å². The number of nitrogens with one attached hydrogen (secondary N) is 2. The highest BCUT2D eigenvalue weighted by atomic mass is 32.1. The predicted molar refractivity (Wildman–Crippen MR) is 114 cm³/mol. The fourth-order valence-corrected chi connectivity index (χ4v) is 6.94. The molecule has 8 heteroatoms. The Bertz CT molecular complexity index is 1020. The maximum atomic E-state index is 12.6. The van der Waals surface area contributed by atoms with Gasteiger partial charge in [-0.25, -0.2) is 9.48 Å². The molecule has 3 amide bonds. The highest BCUT2D eigenvalue weighted by molar-refractivity contribution is 7.15. The van der Waals surface area contributed by atoms with Crippen molar-refractivity contribution in [3.8, 4) is 10.6 Å². The van der Waals surface area contributed by atoms with Crippen molar-refractivity contribution in [1.29, 1.82) is 0 Å². The number of hydrogen-bond donors (Lipinski definition) is 2. The number of aromatic nitrogens is 2. The van der Waals surface area contributed by atoms with Crippen molar-refractivity contribution >= 4 is 23.3 Å². The maximum absolute atomic E-state index is 12.6. The summed E-state index contributed by atoms with van der Waals surface area (Å²) in [6.07, 6.45) is 6.92. The molecule has 0 spiro atoms. The van der Waals surface area contributed by atoms with Gasteiger partial charge in [0.1, 0.15) is 12.2 Å². The monoisotopic (exact) mass is 426 g/mol. The van der Waals surface area contributed by atoms with Crippen LogP contribution in [0.25, 0.3) is 10.6 Å². The van der Waals surface area contributed by atoms with E-state index in [0.29, 0.717) is 23.4 Å². The van der Waals surface area contributed by atoms with Crippen LogP contribution >= 0.6 is 11.3 Å². The Morgan fingerprint density at radius 3 is 2.37 bits per heavy atom. The number of amides is 3. The van der Waals surface area contributed by atoms with Crippen LogP contribution in [0.5, 0.6) is 0 Å². The summed E-state index contributed by atoms with van der Waals surface area (Å²) in [5.74, 6) is 1.59. The standard InChI is InChI=1S/C22H26N4O3S/c1-13-2-4-18(30-13)17-3-5-20(28)26(25-17)12-19(27)23-21(29)24-22-9-14-6-15(10-22)8-16(7-14)11-22/h2-5,14-16H,6-12H2,1H3,(H2,23,24,27,29). The molecule has 4 aliphatic carbocycles. The molecule has 4 bridgehead atoms. The molecule has 2 N–H and O–H groups in total. The molecule has 158 valence electrons. The number of urea groups is 1. The Labute approximate surface area is 178 Å². The number of imide groups is 1. The van der Waals surface area contributed by atoms with Gasteiger partial charge in [0.2, 0.25) is 5.91 Å². The topological polar surface area (TPSA) is 93.1 Å². The summed E-state index contributed by atoms with van der Waals surface area (Å²) < 4.78 is 1.11. The van der Waals surface area contributed by atoms with Gasteiger partial charge in [0.05, 0.1) is 4.88 Å². The first kappa shape index (κ1) is 19.5. The van der Waals surface area contributed by atoms with Crippen molar-refractivity contribution in [2.45, 2.75) is 57.5 Å². The first-order chi connectivity index (χ1) is 14.4. The van der Waals surface area contributed by atoms with Crippen molar-refractivity contribution < 1.29 is 9.59 Å². The summed E-state index contributed by atoms with van der Waals surface area (Å²) in [6.45, 7) is 1.71. The van der Waals surface area contributed by atoms with E-state index in [0.717, 1.165) is 33.7 Å². The number of carbonyl (C=O) groups is 2. The molecule has 4 fully saturated rings. The van der Waals surface area contributed by atoms with Crippen molar-refractivity contribution in [3.63, 3.8) is 0 Å². The van der Waals surface area contributed by atoms with Crippen LogP contribution in [-0.2, 0) is 11.3 Å². The van der Waals surface area contributed by atoms with Gasteiger partial charge in [0.15, 0.2) is 0 Å². The largest absolute Gasteiger partial charge is 0.332 e. The number of hydrogen-bond acceptors (Lipinski definition) is 5. The summed E-state index contributed by atoms with van der Waals surface area (Å²) >= 11 is 1.57. The maximum Gasteiger partial charge on any atom is 0.321 e. The highest BCUT2D eigenvalue weighted by Gasteiger charge is 2.51. The Morgan fingerprint density at radius 1 is 1.10 bits per heavy atom. The van der Waals surface area contributed by atoms with Crippen molar-refractivity contribution in [2.24, 2.45) is 17.8 Å². The predicted octanol–water partition coefficient (Wildman–Crippen LogP) is 3.07. The molecular weight excluding hydrogens is 400 g/mol. The highest BCUT2D eigenvalue weighted by Crippen LogP contribution is 2.55. The van der Waals surface area contributed by atoms with Crippen LogP contribution in [-0.4, -0.2) is 27.3 Å². The summed E-state index contributed by atoms with van der Waals surface area (Å²) in [4.78, 5) is 39.2. The normalized spacial score (nSPS) is 29.0. The third-order valence-corrected chi connectivity index (χ3v) is 7.85. The van der Waals surface area contributed by atoms with Gasteiger partial charge in [-0.15, -0.1) is 11.3 Å². The fraction of sp³-hybridized carbons (Fsp3) is 0.545. The Hall–Kier alpha value is -2.48. The Morgan fingerprint density at radius 2 is 1.77 bits per heavy atom. The summed E-state index contributed by atoms with van der Waals surface area (Å²) in [7, 11) is 0. The number of aryl methyl sites for hydroxylation is 1. The van der Waals surface area contributed by atoms with Crippen LogP contribution in [0.4, 0.5) is 4.79 Å². The zero-order chi connectivity index (χ0) is 20.9. The van der Waals surface area contributed by atoms with Crippen LogP contribution in [0.2, 0.25) is 0 Å². The average Bonchev–Trinajstić information content (AvgIpc) is 3.08. The minimum absolute atomic E-state index is 0.162. The lowest BCUT2D eigenvalue weighted by molar-refractivity contribution is -0.120. The molecule has 4 saturated carbocycles. The lowest BCUT2D eigenvalue weighted by Gasteiger charge is -2.56. The van der Waals surface area contributed by atoms with E-state index in [1.54, 1.807) is 17.4 Å². The quantitative estimate of drug-likeness (QED) is 0.786. The summed E-state index contributed by atoms with van der Waals surface area (Å²) in [6, 6.07) is 6.52. The molecule has 0 radical (unpaired) electrons. The second kappa shape index (κ2) is 7.34. The molecule has 2 aromatic heterocycles. The van der Waals surface area contributed by atoms with E-state index in [4.69, 9.17) is 0 Å². The van der Waals surface area contributed by atoms with Gasteiger partial charge in [0, 0.05) is 16.5 Å². The van der Waals surface area contributed by atoms with E-state index in [9.17, 15) is 14.4 Å². The molecule has 0 aliphatic heterocycles. The van der Waals surface area contributed by atoms with Crippen LogP contribution in [0, 0.1) is 24.7 Å². The van der Waals surface area contributed by atoms with Gasteiger partial charge in [-0.2, -0.15) is 5.10 Å². The number of thiophene rings is 1. The first-order valence-electron chi connectivity index (χ1n) is 10.6. The van der Waals surface area contributed by atoms with Gasteiger partial charge in [-0.05, 0) is 81.4 Å². The Balaban J connectivity index is 1.23. The van der Waals surface area contributed by atoms with Gasteiger partial charge in [-0.1, -0.05) is 0 Å². The molecule has 0 aromatic carbocycles. The van der Waals surface area contributed by atoms with Crippen molar-refractivity contribution in [1.82, 2.24) is 20.4 Å². The number of carbonyl (C=O) groups excluding carboxylic acids is 2. The van der Waals surface area contributed by atoms with E-state index in [2.05, 4.69) is 15.7 Å². The smallest absolute Gasteiger partial charge is 0.321 e. The van der Waals surface area contributed by atoms with Gasteiger partial charge in [-0.3, -0.25) is 14.9 Å².